The lowest BCUT2D eigenvalue weighted by Gasteiger charge is -2.27. The summed E-state index contributed by atoms with van der Waals surface area (Å²) in [6, 6.07) is 9.45. The predicted molar refractivity (Wildman–Crippen MR) is 114 cm³/mol. The van der Waals surface area contributed by atoms with Gasteiger partial charge in [0.15, 0.2) is 6.10 Å². The second-order valence-corrected chi connectivity index (χ2v) is 7.76. The van der Waals surface area contributed by atoms with Gasteiger partial charge in [-0.2, -0.15) is 35.7 Å². The van der Waals surface area contributed by atoms with Crippen LogP contribution in [-0.2, 0) is 6.54 Å². The van der Waals surface area contributed by atoms with Crippen LogP contribution in [0.4, 0.5) is 41.1 Å². The third-order valence-electron chi connectivity index (χ3n) is 4.80. The molecule has 0 aliphatic carbocycles. The van der Waals surface area contributed by atoms with Crippen LogP contribution in [-0.4, -0.2) is 46.4 Å². The second kappa shape index (κ2) is 11.2. The van der Waals surface area contributed by atoms with Crippen LogP contribution in [0.25, 0.3) is 0 Å². The molecule has 0 spiro atoms. The van der Waals surface area contributed by atoms with Gasteiger partial charge >= 0.3 is 18.7 Å². The van der Waals surface area contributed by atoms with Crippen LogP contribution >= 0.6 is 0 Å². The summed E-state index contributed by atoms with van der Waals surface area (Å²) in [5.74, 6) is -1.44. The van der Waals surface area contributed by atoms with Crippen LogP contribution in [0, 0.1) is 12.7 Å². The minimum atomic E-state index is -5.01. The van der Waals surface area contributed by atoms with Crippen LogP contribution in [0.1, 0.15) is 11.1 Å². The molecule has 0 bridgehead atoms. The Kier molecular flexibility index (Phi) is 8.41. The highest BCUT2D eigenvalue weighted by molar-refractivity contribution is 5.38. The summed E-state index contributed by atoms with van der Waals surface area (Å²) in [6.45, 7) is -0.0482. The standard InChI is InChI=1S/C23H19F8N3O3/c1-13-9-15(5-6-17(13)24)36-19-7-8-32-21(33-19)34(12-18(35)22(27,28)29)11-14-3-2-4-16(10-14)37-23(30,31)20(25)26/h2-10,18,20,35H,11-12H2,1H3/t18-/m1/s1. The molecule has 1 atom stereocenters. The average Bonchev–Trinajstić information content (AvgIpc) is 2.80. The lowest BCUT2D eigenvalue weighted by atomic mass is 10.2. The van der Waals surface area contributed by atoms with Gasteiger partial charge in [0.25, 0.3) is 0 Å². The Labute approximate surface area is 205 Å². The maximum atomic E-state index is 13.5. The van der Waals surface area contributed by atoms with Gasteiger partial charge in [-0.05, 0) is 48.4 Å². The van der Waals surface area contributed by atoms with E-state index < -0.39 is 49.5 Å². The van der Waals surface area contributed by atoms with Crippen LogP contribution in [0.15, 0.2) is 54.7 Å². The SMILES string of the molecule is Cc1cc(Oc2ccnc(N(Cc3cccc(OC(F)(F)C(F)F)c3)C[C@@H](O)C(F)(F)F)n2)ccc1F. The first-order valence-electron chi connectivity index (χ1n) is 10.5. The fraction of sp³-hybridized carbons (Fsp3) is 0.304. The van der Waals surface area contributed by atoms with Crippen molar-refractivity contribution in [3.63, 3.8) is 0 Å². The molecule has 1 aromatic heterocycles. The average molecular weight is 537 g/mol. The molecule has 200 valence electrons. The number of alkyl halides is 7. The molecule has 1 heterocycles. The van der Waals surface area contributed by atoms with E-state index in [1.807, 2.05) is 0 Å². The Hall–Kier alpha value is -3.68. The Morgan fingerprint density at radius 3 is 2.38 bits per heavy atom. The van der Waals surface area contributed by atoms with Crippen molar-refractivity contribution in [1.29, 1.82) is 0 Å². The quantitative estimate of drug-likeness (QED) is 0.326. The van der Waals surface area contributed by atoms with Crippen molar-refractivity contribution in [1.82, 2.24) is 9.97 Å². The number of ether oxygens (including phenoxy) is 2. The molecule has 1 N–H and O–H groups in total. The summed E-state index contributed by atoms with van der Waals surface area (Å²) >= 11 is 0. The number of rotatable bonds is 10. The molecule has 6 nitrogen and oxygen atoms in total. The molecule has 0 fully saturated rings. The maximum absolute atomic E-state index is 13.5. The molecule has 0 saturated carbocycles. The summed E-state index contributed by atoms with van der Waals surface area (Å²) in [6.07, 6.45) is -15.6. The number of hydrogen-bond donors (Lipinski definition) is 1. The van der Waals surface area contributed by atoms with E-state index in [1.54, 1.807) is 0 Å². The summed E-state index contributed by atoms with van der Waals surface area (Å²) in [4.78, 5) is 8.80. The molecule has 3 aromatic rings. The zero-order chi connectivity index (χ0) is 27.4. The van der Waals surface area contributed by atoms with Crippen molar-refractivity contribution in [2.24, 2.45) is 0 Å². The molecular weight excluding hydrogens is 518 g/mol. The van der Waals surface area contributed by atoms with E-state index >= 15 is 0 Å². The highest BCUT2D eigenvalue weighted by atomic mass is 19.4. The van der Waals surface area contributed by atoms with Crippen molar-refractivity contribution >= 4 is 5.95 Å². The van der Waals surface area contributed by atoms with Gasteiger partial charge in [0.2, 0.25) is 11.8 Å². The van der Waals surface area contributed by atoms with Crippen molar-refractivity contribution < 1.29 is 49.7 Å². The molecule has 0 radical (unpaired) electrons. The van der Waals surface area contributed by atoms with E-state index in [1.165, 1.54) is 37.3 Å². The van der Waals surface area contributed by atoms with Gasteiger partial charge in [0, 0.05) is 18.8 Å². The summed E-state index contributed by atoms with van der Waals surface area (Å²) < 4.78 is 114. The number of halogens is 8. The molecule has 14 heteroatoms. The van der Waals surface area contributed by atoms with Gasteiger partial charge in [-0.15, -0.1) is 0 Å². The van der Waals surface area contributed by atoms with E-state index in [0.29, 0.717) is 0 Å². The van der Waals surface area contributed by atoms with Gasteiger partial charge in [-0.3, -0.25) is 0 Å². The molecule has 37 heavy (non-hydrogen) atoms. The number of aliphatic hydroxyl groups is 1. The zero-order valence-corrected chi connectivity index (χ0v) is 18.9. The molecule has 3 rings (SSSR count). The van der Waals surface area contributed by atoms with Crippen molar-refractivity contribution in [3.8, 4) is 17.4 Å². The third-order valence-corrected chi connectivity index (χ3v) is 4.80. The first-order chi connectivity index (χ1) is 17.2. The van der Waals surface area contributed by atoms with Crippen molar-refractivity contribution in [2.75, 3.05) is 11.4 Å². The van der Waals surface area contributed by atoms with E-state index in [2.05, 4.69) is 14.7 Å². The number of aliphatic hydroxyl groups excluding tert-OH is 1. The Morgan fingerprint density at radius 2 is 1.73 bits per heavy atom. The third kappa shape index (κ3) is 7.65. The van der Waals surface area contributed by atoms with Crippen molar-refractivity contribution in [3.05, 3.63) is 71.7 Å². The number of aryl methyl sites for hydroxylation is 1. The van der Waals surface area contributed by atoms with Gasteiger partial charge < -0.3 is 19.5 Å². The molecule has 0 amide bonds. The molecule has 0 saturated heterocycles. The number of aromatic nitrogens is 2. The molecular formula is C23H19F8N3O3. The fourth-order valence-corrected chi connectivity index (χ4v) is 3.00. The van der Waals surface area contributed by atoms with E-state index in [-0.39, 0.29) is 28.7 Å². The molecule has 0 aliphatic rings. The molecule has 2 aromatic carbocycles. The monoisotopic (exact) mass is 537 g/mol. The smallest absolute Gasteiger partial charge is 0.439 e. The number of hydrogen-bond acceptors (Lipinski definition) is 6. The number of nitrogens with zero attached hydrogens (tertiary/aromatic N) is 3. The highest BCUT2D eigenvalue weighted by Crippen LogP contribution is 2.30. The minimum Gasteiger partial charge on any atom is -0.439 e. The first kappa shape index (κ1) is 27.9. The van der Waals surface area contributed by atoms with E-state index in [9.17, 15) is 40.2 Å². The Balaban J connectivity index is 1.89. The van der Waals surface area contributed by atoms with E-state index in [4.69, 9.17) is 4.74 Å². The first-order valence-corrected chi connectivity index (χ1v) is 10.5. The topological polar surface area (TPSA) is 67.7 Å². The lowest BCUT2D eigenvalue weighted by molar-refractivity contribution is -0.253. The van der Waals surface area contributed by atoms with Crippen LogP contribution in [0.5, 0.6) is 17.4 Å². The van der Waals surface area contributed by atoms with Gasteiger partial charge in [0.1, 0.15) is 17.3 Å². The second-order valence-electron chi connectivity index (χ2n) is 7.76. The number of benzene rings is 2. The lowest BCUT2D eigenvalue weighted by Crippen LogP contribution is -2.41. The van der Waals surface area contributed by atoms with Crippen molar-refractivity contribution in [2.45, 2.75) is 38.3 Å². The van der Waals surface area contributed by atoms with Crippen LogP contribution < -0.4 is 14.4 Å². The number of anilines is 1. The fourth-order valence-electron chi connectivity index (χ4n) is 3.00. The maximum Gasteiger partial charge on any atom is 0.461 e. The Morgan fingerprint density at radius 1 is 1.00 bits per heavy atom. The summed E-state index contributed by atoms with van der Waals surface area (Å²) in [7, 11) is 0. The minimum absolute atomic E-state index is 0.0565. The van der Waals surface area contributed by atoms with E-state index in [0.717, 1.165) is 29.3 Å². The summed E-state index contributed by atoms with van der Waals surface area (Å²) in [5, 5.41) is 9.63. The van der Waals surface area contributed by atoms with Gasteiger partial charge in [0.05, 0.1) is 6.54 Å². The Bertz CT molecular complexity index is 1210. The zero-order valence-electron chi connectivity index (χ0n) is 18.9. The molecule has 0 unspecified atom stereocenters. The predicted octanol–water partition coefficient (Wildman–Crippen LogP) is 5.88. The normalized spacial score (nSPS) is 12.9. The largest absolute Gasteiger partial charge is 0.461 e. The molecule has 0 aliphatic heterocycles. The van der Waals surface area contributed by atoms with Crippen LogP contribution in [0.3, 0.4) is 0 Å². The highest BCUT2D eigenvalue weighted by Gasteiger charge is 2.44. The van der Waals surface area contributed by atoms with Gasteiger partial charge in [-0.1, -0.05) is 12.1 Å². The summed E-state index contributed by atoms with van der Waals surface area (Å²) in [5.41, 5.74) is 0.322. The van der Waals surface area contributed by atoms with Gasteiger partial charge in [-0.25, -0.2) is 9.37 Å². The van der Waals surface area contributed by atoms with Crippen LogP contribution in [0.2, 0.25) is 0 Å².